The van der Waals surface area contributed by atoms with Crippen molar-refractivity contribution in [3.63, 3.8) is 0 Å². The summed E-state index contributed by atoms with van der Waals surface area (Å²) in [6, 6.07) is 6.12. The largest absolute Gasteiger partial charge is 0.493 e. The predicted molar refractivity (Wildman–Crippen MR) is 48.4 cm³/mol. The molecule has 0 bridgehead atoms. The lowest BCUT2D eigenvalue weighted by atomic mass is 10.3. The molecule has 0 amide bonds. The van der Waals surface area contributed by atoms with Gasteiger partial charge in [0.25, 0.3) is 0 Å². The molecule has 0 saturated carbocycles. The maximum absolute atomic E-state index is 12.6. The van der Waals surface area contributed by atoms with Gasteiger partial charge in [0.05, 0.1) is 6.61 Å². The van der Waals surface area contributed by atoms with E-state index in [0.29, 0.717) is 19.0 Å². The van der Waals surface area contributed by atoms with Crippen molar-refractivity contribution in [2.75, 3.05) is 20.3 Å². The normalized spacial score (nSPS) is 10.0. The van der Waals surface area contributed by atoms with Gasteiger partial charge in [0.15, 0.2) is 0 Å². The first kappa shape index (κ1) is 9.99. The van der Waals surface area contributed by atoms with E-state index in [1.807, 2.05) is 0 Å². The maximum Gasteiger partial charge on any atom is 0.126 e. The highest BCUT2D eigenvalue weighted by molar-refractivity contribution is 5.22. The molecule has 0 atom stereocenters. The topological polar surface area (TPSA) is 18.5 Å². The molecule has 0 radical (unpaired) electrons. The Morgan fingerprint density at radius 2 is 2.15 bits per heavy atom. The van der Waals surface area contributed by atoms with Crippen molar-refractivity contribution in [1.29, 1.82) is 0 Å². The zero-order chi connectivity index (χ0) is 9.52. The van der Waals surface area contributed by atoms with Crippen LogP contribution in [0.1, 0.15) is 6.42 Å². The van der Waals surface area contributed by atoms with Crippen LogP contribution >= 0.6 is 0 Å². The quantitative estimate of drug-likeness (QED) is 0.653. The summed E-state index contributed by atoms with van der Waals surface area (Å²) in [4.78, 5) is 0. The first-order chi connectivity index (χ1) is 6.33. The zero-order valence-electron chi connectivity index (χ0n) is 7.63. The molecule has 1 aromatic rings. The molecule has 72 valence electrons. The fourth-order valence-corrected chi connectivity index (χ4v) is 0.950. The molecule has 0 aromatic heterocycles. The molecule has 0 spiro atoms. The van der Waals surface area contributed by atoms with Crippen molar-refractivity contribution in [1.82, 2.24) is 0 Å². The predicted octanol–water partition coefficient (Wildman–Crippen LogP) is 2.24. The average molecular weight is 184 g/mol. The summed E-state index contributed by atoms with van der Waals surface area (Å²) in [5.41, 5.74) is 0. The summed E-state index contributed by atoms with van der Waals surface area (Å²) in [5.74, 6) is 0.292. The van der Waals surface area contributed by atoms with Gasteiger partial charge in [0.1, 0.15) is 11.6 Å². The minimum absolute atomic E-state index is 0.274. The molecule has 0 aliphatic rings. The van der Waals surface area contributed by atoms with E-state index < -0.39 is 0 Å². The van der Waals surface area contributed by atoms with Crippen molar-refractivity contribution in [3.8, 4) is 5.75 Å². The lowest BCUT2D eigenvalue weighted by molar-refractivity contribution is 0.172. The van der Waals surface area contributed by atoms with Gasteiger partial charge in [-0.05, 0) is 12.1 Å². The maximum atomic E-state index is 12.6. The van der Waals surface area contributed by atoms with Crippen LogP contribution in [0.2, 0.25) is 0 Å². The van der Waals surface area contributed by atoms with Crippen LogP contribution in [0.4, 0.5) is 4.39 Å². The van der Waals surface area contributed by atoms with E-state index in [9.17, 15) is 4.39 Å². The fourth-order valence-electron chi connectivity index (χ4n) is 0.950. The smallest absolute Gasteiger partial charge is 0.126 e. The second-order valence-electron chi connectivity index (χ2n) is 2.65. The van der Waals surface area contributed by atoms with Crippen LogP contribution in [-0.2, 0) is 4.74 Å². The number of halogens is 1. The van der Waals surface area contributed by atoms with Crippen molar-refractivity contribution < 1.29 is 13.9 Å². The molecule has 0 heterocycles. The minimum atomic E-state index is -0.274. The Kier molecular flexibility index (Phi) is 4.26. The number of hydrogen-bond acceptors (Lipinski definition) is 2. The first-order valence-electron chi connectivity index (χ1n) is 4.20. The van der Waals surface area contributed by atoms with E-state index in [2.05, 4.69) is 0 Å². The molecule has 0 saturated heterocycles. The second kappa shape index (κ2) is 5.54. The van der Waals surface area contributed by atoms with Gasteiger partial charge in [-0.15, -0.1) is 0 Å². The van der Waals surface area contributed by atoms with Crippen molar-refractivity contribution in [3.05, 3.63) is 30.1 Å². The second-order valence-corrected chi connectivity index (χ2v) is 2.65. The van der Waals surface area contributed by atoms with Gasteiger partial charge < -0.3 is 9.47 Å². The molecular weight excluding hydrogens is 171 g/mol. The van der Waals surface area contributed by atoms with Crippen LogP contribution in [-0.4, -0.2) is 20.3 Å². The average Bonchev–Trinajstić information content (AvgIpc) is 2.13. The van der Waals surface area contributed by atoms with E-state index in [0.717, 1.165) is 6.42 Å². The van der Waals surface area contributed by atoms with Gasteiger partial charge >= 0.3 is 0 Å². The summed E-state index contributed by atoms with van der Waals surface area (Å²) >= 11 is 0. The minimum Gasteiger partial charge on any atom is -0.493 e. The van der Waals surface area contributed by atoms with Crippen LogP contribution in [0.25, 0.3) is 0 Å². The van der Waals surface area contributed by atoms with Crippen LogP contribution in [0.3, 0.4) is 0 Å². The number of methoxy groups -OCH3 is 1. The molecule has 2 nitrogen and oxygen atoms in total. The van der Waals surface area contributed by atoms with Crippen molar-refractivity contribution in [2.45, 2.75) is 6.42 Å². The Balaban J connectivity index is 2.28. The lowest BCUT2D eigenvalue weighted by Gasteiger charge is -2.04. The molecule has 13 heavy (non-hydrogen) atoms. The van der Waals surface area contributed by atoms with Crippen molar-refractivity contribution >= 4 is 0 Å². The van der Waals surface area contributed by atoms with Crippen LogP contribution in [0.5, 0.6) is 5.75 Å². The highest BCUT2D eigenvalue weighted by atomic mass is 19.1. The van der Waals surface area contributed by atoms with E-state index in [1.165, 1.54) is 12.1 Å². The molecule has 1 rings (SSSR count). The highest BCUT2D eigenvalue weighted by Gasteiger charge is 1.94. The van der Waals surface area contributed by atoms with Crippen LogP contribution in [0, 0.1) is 5.82 Å². The van der Waals surface area contributed by atoms with E-state index in [-0.39, 0.29) is 5.82 Å². The van der Waals surface area contributed by atoms with E-state index in [1.54, 1.807) is 19.2 Å². The molecule has 0 aliphatic heterocycles. The van der Waals surface area contributed by atoms with E-state index >= 15 is 0 Å². The Bertz CT molecular complexity index is 250. The third-order valence-electron chi connectivity index (χ3n) is 1.56. The number of benzene rings is 1. The molecule has 0 unspecified atom stereocenters. The standard InChI is InChI=1S/C10H13FO2/c1-12-6-3-7-13-10-5-2-4-9(11)8-10/h2,4-5,8H,3,6-7H2,1H3. The first-order valence-corrected chi connectivity index (χ1v) is 4.20. The van der Waals surface area contributed by atoms with Gasteiger partial charge in [-0.3, -0.25) is 0 Å². The summed E-state index contributed by atoms with van der Waals surface area (Å²) in [5, 5.41) is 0. The van der Waals surface area contributed by atoms with Gasteiger partial charge in [-0.1, -0.05) is 6.07 Å². The molecular formula is C10H13FO2. The SMILES string of the molecule is COCCCOc1cccc(F)c1. The number of rotatable bonds is 5. The Morgan fingerprint density at radius 3 is 2.85 bits per heavy atom. The molecule has 0 N–H and O–H groups in total. The van der Waals surface area contributed by atoms with Crippen LogP contribution < -0.4 is 4.74 Å². The van der Waals surface area contributed by atoms with Crippen LogP contribution in [0.15, 0.2) is 24.3 Å². The number of hydrogen-bond donors (Lipinski definition) is 0. The van der Waals surface area contributed by atoms with Crippen molar-refractivity contribution in [2.24, 2.45) is 0 Å². The Morgan fingerprint density at radius 1 is 1.31 bits per heavy atom. The van der Waals surface area contributed by atoms with Gasteiger partial charge in [-0.25, -0.2) is 4.39 Å². The third kappa shape index (κ3) is 3.90. The Hall–Kier alpha value is -1.09. The fraction of sp³-hybridized carbons (Fsp3) is 0.400. The number of ether oxygens (including phenoxy) is 2. The summed E-state index contributed by atoms with van der Waals surface area (Å²) in [6.45, 7) is 1.21. The van der Waals surface area contributed by atoms with Gasteiger partial charge in [0.2, 0.25) is 0 Å². The molecule has 3 heteroatoms. The molecule has 1 aromatic carbocycles. The van der Waals surface area contributed by atoms with Gasteiger partial charge in [0, 0.05) is 26.2 Å². The lowest BCUT2D eigenvalue weighted by Crippen LogP contribution is -2.01. The highest BCUT2D eigenvalue weighted by Crippen LogP contribution is 2.11. The molecule has 0 aliphatic carbocycles. The summed E-state index contributed by atoms with van der Waals surface area (Å²) in [7, 11) is 1.64. The molecule has 0 fully saturated rings. The summed E-state index contributed by atoms with van der Waals surface area (Å²) in [6.07, 6.45) is 0.813. The Labute approximate surface area is 77.3 Å². The summed E-state index contributed by atoms with van der Waals surface area (Å²) < 4.78 is 22.8. The van der Waals surface area contributed by atoms with E-state index in [4.69, 9.17) is 9.47 Å². The monoisotopic (exact) mass is 184 g/mol. The third-order valence-corrected chi connectivity index (χ3v) is 1.56. The zero-order valence-corrected chi connectivity index (χ0v) is 7.63. The van der Waals surface area contributed by atoms with Gasteiger partial charge in [-0.2, -0.15) is 0 Å².